The van der Waals surface area contributed by atoms with Gasteiger partial charge in [-0.15, -0.1) is 0 Å². The highest BCUT2D eigenvalue weighted by molar-refractivity contribution is 5.80. The molecule has 0 aromatic heterocycles. The van der Waals surface area contributed by atoms with Gasteiger partial charge in [0.15, 0.2) is 0 Å². The van der Waals surface area contributed by atoms with Gasteiger partial charge in [0.25, 0.3) is 0 Å². The number of nitrogens with one attached hydrogen (secondary N) is 2. The van der Waals surface area contributed by atoms with Gasteiger partial charge in [0, 0.05) is 19.0 Å². The Morgan fingerprint density at radius 3 is 2.20 bits per heavy atom. The highest BCUT2D eigenvalue weighted by Crippen LogP contribution is 2.44. The predicted octanol–water partition coefficient (Wildman–Crippen LogP) is 3.28. The van der Waals surface area contributed by atoms with Crippen LogP contribution >= 0.6 is 0 Å². The molecule has 1 saturated carbocycles. The van der Waals surface area contributed by atoms with E-state index in [1.54, 1.807) is 0 Å². The summed E-state index contributed by atoms with van der Waals surface area (Å²) in [5, 5.41) is 24.4. The van der Waals surface area contributed by atoms with Crippen molar-refractivity contribution in [3.8, 4) is 11.1 Å². The van der Waals surface area contributed by atoms with Gasteiger partial charge >= 0.3 is 12.1 Å². The third-order valence-electron chi connectivity index (χ3n) is 6.70. The highest BCUT2D eigenvalue weighted by atomic mass is 16.5. The fraction of sp³-hybridized carbons (Fsp3) is 0.444. The third-order valence-corrected chi connectivity index (χ3v) is 6.70. The molecule has 8 nitrogen and oxygen atoms in total. The number of carbonyl (C=O) groups excluding carboxylic acids is 2. The Morgan fingerprint density at radius 2 is 1.63 bits per heavy atom. The Morgan fingerprint density at radius 1 is 1.03 bits per heavy atom. The molecule has 0 bridgehead atoms. The van der Waals surface area contributed by atoms with Crippen LogP contribution in [0, 0.1) is 11.8 Å². The van der Waals surface area contributed by atoms with E-state index >= 15 is 0 Å². The summed E-state index contributed by atoms with van der Waals surface area (Å²) in [4.78, 5) is 36.1. The Bertz CT molecular complexity index is 1050. The van der Waals surface area contributed by atoms with Crippen LogP contribution in [0.1, 0.15) is 49.7 Å². The molecule has 1 fully saturated rings. The molecule has 2 aliphatic carbocycles. The topological polar surface area (TPSA) is 125 Å². The highest BCUT2D eigenvalue weighted by Gasteiger charge is 2.32. The molecule has 2 aromatic rings. The molecule has 4 N–H and O–H groups in total. The van der Waals surface area contributed by atoms with Crippen LogP contribution in [0.2, 0.25) is 0 Å². The predicted molar refractivity (Wildman–Crippen MR) is 130 cm³/mol. The quantitative estimate of drug-likeness (QED) is 0.391. The molecule has 0 aliphatic heterocycles. The first kappa shape index (κ1) is 24.7. The monoisotopic (exact) mass is 480 g/mol. The lowest BCUT2D eigenvalue weighted by Crippen LogP contribution is -2.46. The summed E-state index contributed by atoms with van der Waals surface area (Å²) >= 11 is 0. The second kappa shape index (κ2) is 10.5. The number of rotatable bonds is 11. The summed E-state index contributed by atoms with van der Waals surface area (Å²) in [6, 6.07) is 16.2. The van der Waals surface area contributed by atoms with Crippen LogP contribution in [-0.4, -0.2) is 53.5 Å². The number of carboxylic acid groups (broad SMARTS) is 1. The molecule has 0 radical (unpaired) electrons. The molecule has 2 aromatic carbocycles. The van der Waals surface area contributed by atoms with Gasteiger partial charge in [-0.2, -0.15) is 0 Å². The maximum atomic E-state index is 12.7. The summed E-state index contributed by atoms with van der Waals surface area (Å²) < 4.78 is 5.56. The van der Waals surface area contributed by atoms with Gasteiger partial charge in [-0.25, -0.2) is 4.79 Å². The van der Waals surface area contributed by atoms with Crippen molar-refractivity contribution in [2.45, 2.75) is 44.1 Å². The standard InChI is InChI=1S/C27H32N2O6/c1-27(34,13-24(30)31)16-29-25(32)18(12-17-10-11-17)14-28-26(33)35-15-23-21-8-4-2-6-19(21)20-7-3-5-9-22(20)23/h2-9,17-18,23,34H,10-16H2,1H3,(H,28,33)(H,29,32)(H,30,31). The molecule has 2 atom stereocenters. The number of carboxylic acids is 1. The summed E-state index contributed by atoms with van der Waals surface area (Å²) in [5.74, 6) is -1.55. The summed E-state index contributed by atoms with van der Waals surface area (Å²) in [5.41, 5.74) is 3.00. The number of aliphatic hydroxyl groups is 1. The van der Waals surface area contributed by atoms with Crippen molar-refractivity contribution in [3.63, 3.8) is 0 Å². The molecule has 2 aliphatic rings. The van der Waals surface area contributed by atoms with Crippen molar-refractivity contribution in [2.75, 3.05) is 19.7 Å². The van der Waals surface area contributed by atoms with Crippen LogP contribution in [0.4, 0.5) is 4.79 Å². The van der Waals surface area contributed by atoms with Gasteiger partial charge in [-0.05, 0) is 41.5 Å². The summed E-state index contributed by atoms with van der Waals surface area (Å²) in [6.45, 7) is 1.49. The van der Waals surface area contributed by atoms with E-state index in [-0.39, 0.29) is 31.5 Å². The molecule has 4 rings (SSSR count). The Hall–Kier alpha value is -3.39. The third kappa shape index (κ3) is 6.39. The number of ether oxygens (including phenoxy) is 1. The molecule has 0 saturated heterocycles. The zero-order valence-corrected chi connectivity index (χ0v) is 19.8. The smallest absolute Gasteiger partial charge is 0.407 e. The molecular formula is C27H32N2O6. The number of alkyl carbamates (subject to hydrolysis) is 1. The minimum Gasteiger partial charge on any atom is -0.481 e. The average molecular weight is 481 g/mol. The number of fused-ring (bicyclic) bond motifs is 3. The van der Waals surface area contributed by atoms with E-state index in [2.05, 4.69) is 34.9 Å². The van der Waals surface area contributed by atoms with Gasteiger partial charge in [0.05, 0.1) is 17.9 Å². The summed E-state index contributed by atoms with van der Waals surface area (Å²) in [7, 11) is 0. The van der Waals surface area contributed by atoms with E-state index in [4.69, 9.17) is 9.84 Å². The maximum absolute atomic E-state index is 12.7. The lowest BCUT2D eigenvalue weighted by molar-refractivity contribution is -0.142. The van der Waals surface area contributed by atoms with E-state index in [0.29, 0.717) is 12.3 Å². The van der Waals surface area contributed by atoms with Crippen molar-refractivity contribution in [3.05, 3.63) is 59.7 Å². The Kier molecular flexibility index (Phi) is 7.40. The first-order chi connectivity index (χ1) is 16.7. The van der Waals surface area contributed by atoms with E-state index in [1.807, 2.05) is 24.3 Å². The number of benzene rings is 2. The van der Waals surface area contributed by atoms with Crippen molar-refractivity contribution in [1.82, 2.24) is 10.6 Å². The van der Waals surface area contributed by atoms with Crippen LogP contribution in [0.3, 0.4) is 0 Å². The van der Waals surface area contributed by atoms with Crippen molar-refractivity contribution in [2.24, 2.45) is 11.8 Å². The van der Waals surface area contributed by atoms with Crippen molar-refractivity contribution < 1.29 is 29.3 Å². The maximum Gasteiger partial charge on any atom is 0.407 e. The fourth-order valence-electron chi connectivity index (χ4n) is 4.71. The van der Waals surface area contributed by atoms with Crippen LogP contribution in [0.25, 0.3) is 11.1 Å². The molecule has 2 amide bonds. The Labute approximate surface area is 204 Å². The van der Waals surface area contributed by atoms with E-state index in [9.17, 15) is 19.5 Å². The zero-order chi connectivity index (χ0) is 25.0. The number of hydrogen-bond donors (Lipinski definition) is 4. The first-order valence-corrected chi connectivity index (χ1v) is 12.0. The second-order valence-electron chi connectivity index (χ2n) is 9.87. The Balaban J connectivity index is 1.31. The summed E-state index contributed by atoms with van der Waals surface area (Å²) in [6.07, 6.45) is 1.66. The van der Waals surface area contributed by atoms with Crippen LogP contribution in [0.5, 0.6) is 0 Å². The normalized spacial score (nSPS) is 17.0. The van der Waals surface area contributed by atoms with E-state index < -0.39 is 30.0 Å². The number of hydrogen-bond acceptors (Lipinski definition) is 5. The number of carbonyl (C=O) groups is 3. The lowest BCUT2D eigenvalue weighted by Gasteiger charge is -2.24. The van der Waals surface area contributed by atoms with Crippen LogP contribution < -0.4 is 10.6 Å². The minimum absolute atomic E-state index is 0.0461. The van der Waals surface area contributed by atoms with E-state index in [0.717, 1.165) is 35.1 Å². The average Bonchev–Trinajstić information content (AvgIpc) is 3.59. The SMILES string of the molecule is CC(O)(CNC(=O)C(CNC(=O)OCC1c2ccccc2-c2ccccc21)CC1CC1)CC(=O)O. The van der Waals surface area contributed by atoms with Gasteiger partial charge in [-0.3, -0.25) is 9.59 Å². The molecule has 35 heavy (non-hydrogen) atoms. The van der Waals surface area contributed by atoms with Gasteiger partial charge in [-0.1, -0.05) is 61.4 Å². The second-order valence-corrected chi connectivity index (χ2v) is 9.87. The van der Waals surface area contributed by atoms with Gasteiger partial charge in [0.1, 0.15) is 6.61 Å². The molecule has 8 heteroatoms. The number of amides is 2. The van der Waals surface area contributed by atoms with E-state index in [1.165, 1.54) is 6.92 Å². The minimum atomic E-state index is -1.55. The molecule has 2 unspecified atom stereocenters. The zero-order valence-electron chi connectivity index (χ0n) is 19.8. The number of aliphatic carboxylic acids is 1. The molecule has 0 heterocycles. The molecule has 0 spiro atoms. The van der Waals surface area contributed by atoms with Crippen LogP contribution in [0.15, 0.2) is 48.5 Å². The fourth-order valence-corrected chi connectivity index (χ4v) is 4.71. The molecule has 186 valence electrons. The van der Waals surface area contributed by atoms with Gasteiger partial charge in [0.2, 0.25) is 5.91 Å². The van der Waals surface area contributed by atoms with Gasteiger partial charge < -0.3 is 25.6 Å². The van der Waals surface area contributed by atoms with Crippen molar-refractivity contribution >= 4 is 18.0 Å². The van der Waals surface area contributed by atoms with Crippen LogP contribution in [-0.2, 0) is 14.3 Å². The first-order valence-electron chi connectivity index (χ1n) is 12.0. The van der Waals surface area contributed by atoms with Crippen molar-refractivity contribution in [1.29, 1.82) is 0 Å². The molecular weight excluding hydrogens is 448 g/mol. The lowest BCUT2D eigenvalue weighted by atomic mass is 9.98. The largest absolute Gasteiger partial charge is 0.481 e.